The van der Waals surface area contributed by atoms with E-state index in [-0.39, 0.29) is 0 Å². The molecule has 0 unspecified atom stereocenters. The summed E-state index contributed by atoms with van der Waals surface area (Å²) in [4.78, 5) is 5.28. The fourth-order valence-corrected chi connectivity index (χ4v) is 18.2. The van der Waals surface area contributed by atoms with Gasteiger partial charge in [-0.25, -0.2) is 0 Å². The molecule has 2 spiro atoms. The highest BCUT2D eigenvalue weighted by Gasteiger charge is 2.55. The number of fused-ring (bicyclic) bond motifs is 20. The fourth-order valence-electron chi connectivity index (χ4n) is 11.4. The molecular formula is C55H37NSSi. The molecule has 0 saturated carbocycles. The fraction of sp³-hybridized carbons (Fsp3) is 0.0545. The Bertz CT molecular complexity index is 3150. The van der Waals surface area contributed by atoms with Gasteiger partial charge in [-0.3, -0.25) is 0 Å². The Labute approximate surface area is 344 Å². The number of benzene rings is 9. The van der Waals surface area contributed by atoms with E-state index in [1.54, 1.807) is 0 Å². The number of hydrogen-bond acceptors (Lipinski definition) is 2. The number of para-hydroxylation sites is 1. The third-order valence-electron chi connectivity index (χ3n) is 13.6. The van der Waals surface area contributed by atoms with Crippen molar-refractivity contribution >= 4 is 68.4 Å². The maximum Gasteiger partial charge on any atom is 0.182 e. The van der Waals surface area contributed by atoms with Crippen LogP contribution in [0.1, 0.15) is 33.4 Å². The van der Waals surface area contributed by atoms with Crippen LogP contribution in [0.15, 0.2) is 198 Å². The first kappa shape index (κ1) is 32.7. The van der Waals surface area contributed by atoms with Gasteiger partial charge in [-0.1, -0.05) is 181 Å². The first-order valence-corrected chi connectivity index (χ1v) is 23.2. The van der Waals surface area contributed by atoms with Crippen molar-refractivity contribution in [3.63, 3.8) is 0 Å². The molecule has 272 valence electrons. The number of nitrogens with zero attached hydrogens (tertiary/aromatic N) is 1. The Morgan fingerprint density at radius 2 is 0.983 bits per heavy atom. The van der Waals surface area contributed by atoms with Gasteiger partial charge in [0.15, 0.2) is 8.07 Å². The van der Waals surface area contributed by atoms with Crippen LogP contribution in [0, 0.1) is 13.8 Å². The minimum atomic E-state index is -2.66. The molecule has 13 rings (SSSR count). The van der Waals surface area contributed by atoms with E-state index < -0.39 is 13.5 Å². The number of aryl methyl sites for hydroxylation is 2. The Hall–Kier alpha value is -6.39. The van der Waals surface area contributed by atoms with Gasteiger partial charge in [0.1, 0.15) is 0 Å². The standard InChI is InChI=1S/C55H37NSSi/c1-34-23-29-48-45(31-34)55(46-32-35(2)24-30-49(46)57-48)43-18-8-9-19-47(43)56(54-38-14-4-3-13-36(38)25-28-44(54)55)37-26-27-42-41-17-7-12-22-52(41)58(53(42)33-37)50-20-10-5-15-39(50)40-16-6-11-21-51(40)58/h3-33H,1-2H3. The van der Waals surface area contributed by atoms with Crippen LogP contribution >= 0.6 is 11.8 Å². The third-order valence-corrected chi connectivity index (χ3v) is 19.7. The van der Waals surface area contributed by atoms with E-state index in [9.17, 15) is 0 Å². The van der Waals surface area contributed by atoms with Gasteiger partial charge in [0.05, 0.1) is 16.8 Å². The van der Waals surface area contributed by atoms with Gasteiger partial charge >= 0.3 is 0 Å². The van der Waals surface area contributed by atoms with Crippen molar-refractivity contribution in [2.45, 2.75) is 29.1 Å². The van der Waals surface area contributed by atoms with Crippen molar-refractivity contribution in [3.8, 4) is 22.3 Å². The number of rotatable bonds is 1. The van der Waals surface area contributed by atoms with E-state index in [2.05, 4.69) is 207 Å². The van der Waals surface area contributed by atoms with Crippen molar-refractivity contribution in [3.05, 3.63) is 221 Å². The lowest BCUT2D eigenvalue weighted by molar-refractivity contribution is 0.691. The zero-order valence-electron chi connectivity index (χ0n) is 32.3. The highest BCUT2D eigenvalue weighted by atomic mass is 32.2. The van der Waals surface area contributed by atoms with E-state index >= 15 is 0 Å². The molecule has 0 fully saturated rings. The van der Waals surface area contributed by atoms with Crippen molar-refractivity contribution in [2.75, 3.05) is 4.90 Å². The summed E-state index contributed by atoms with van der Waals surface area (Å²) in [6.07, 6.45) is 0. The average molecular weight is 772 g/mol. The SMILES string of the molecule is Cc1ccc2c(c1)C1(c3cc(C)ccc3S2)c2ccccc2N(c2ccc3c(c2)[Si]2(c4ccccc4-c4ccccc42)c2ccccc2-3)c2c1ccc1ccccc21. The molecule has 3 heteroatoms. The smallest absolute Gasteiger partial charge is 0.182 e. The molecule has 4 aliphatic rings. The van der Waals surface area contributed by atoms with Gasteiger partial charge in [-0.2, -0.15) is 0 Å². The number of hydrogen-bond donors (Lipinski definition) is 0. The lowest BCUT2D eigenvalue weighted by Gasteiger charge is -2.49. The Balaban J connectivity index is 1.16. The van der Waals surface area contributed by atoms with Gasteiger partial charge in [0, 0.05) is 20.9 Å². The maximum atomic E-state index is 2.63. The van der Waals surface area contributed by atoms with Crippen LogP contribution in [-0.4, -0.2) is 8.07 Å². The molecule has 0 N–H and O–H groups in total. The quantitative estimate of drug-likeness (QED) is 0.153. The lowest BCUT2D eigenvalue weighted by Crippen LogP contribution is -2.70. The molecule has 0 saturated heterocycles. The summed E-state index contributed by atoms with van der Waals surface area (Å²) in [5.41, 5.74) is 16.7. The highest BCUT2D eigenvalue weighted by molar-refractivity contribution is 7.99. The second kappa shape index (κ2) is 11.6. The first-order valence-electron chi connectivity index (χ1n) is 20.3. The molecule has 0 radical (unpaired) electrons. The third kappa shape index (κ3) is 3.93. The summed E-state index contributed by atoms with van der Waals surface area (Å²) in [6, 6.07) is 72.6. The van der Waals surface area contributed by atoms with Crippen molar-refractivity contribution in [1.29, 1.82) is 0 Å². The van der Waals surface area contributed by atoms with Crippen LogP contribution in [0.2, 0.25) is 0 Å². The molecule has 0 aromatic heterocycles. The van der Waals surface area contributed by atoms with Gasteiger partial charge in [-0.15, -0.1) is 0 Å². The van der Waals surface area contributed by atoms with E-state index in [4.69, 9.17) is 0 Å². The van der Waals surface area contributed by atoms with Crippen molar-refractivity contribution < 1.29 is 0 Å². The highest BCUT2D eigenvalue weighted by Crippen LogP contribution is 2.64. The molecule has 9 aromatic carbocycles. The zero-order valence-corrected chi connectivity index (χ0v) is 34.1. The summed E-state index contributed by atoms with van der Waals surface area (Å²) >= 11 is 1.92. The summed E-state index contributed by atoms with van der Waals surface area (Å²) in [5.74, 6) is 0. The number of anilines is 3. The van der Waals surface area contributed by atoms with E-state index in [1.807, 2.05) is 11.8 Å². The van der Waals surface area contributed by atoms with Crippen LogP contribution in [0.3, 0.4) is 0 Å². The maximum absolute atomic E-state index is 2.66. The van der Waals surface area contributed by atoms with Crippen molar-refractivity contribution in [2.24, 2.45) is 0 Å². The Morgan fingerprint density at radius 3 is 1.64 bits per heavy atom. The van der Waals surface area contributed by atoms with E-state index in [1.165, 1.54) is 114 Å². The van der Waals surface area contributed by atoms with Crippen LogP contribution in [0.25, 0.3) is 33.0 Å². The molecule has 0 aliphatic carbocycles. The van der Waals surface area contributed by atoms with Crippen molar-refractivity contribution in [1.82, 2.24) is 0 Å². The van der Waals surface area contributed by atoms with Gasteiger partial charge < -0.3 is 4.90 Å². The summed E-state index contributed by atoms with van der Waals surface area (Å²) in [5, 5.41) is 8.51. The topological polar surface area (TPSA) is 3.24 Å². The summed E-state index contributed by atoms with van der Waals surface area (Å²) in [6.45, 7) is 4.49. The zero-order chi connectivity index (χ0) is 38.3. The second-order valence-corrected chi connectivity index (χ2v) is 21.2. The van der Waals surface area contributed by atoms with Gasteiger partial charge in [-0.05, 0) is 115 Å². The minimum absolute atomic E-state index is 0.521. The van der Waals surface area contributed by atoms with E-state index in [0.717, 1.165) is 0 Å². The van der Waals surface area contributed by atoms with Gasteiger partial charge in [0.25, 0.3) is 0 Å². The van der Waals surface area contributed by atoms with Crippen LogP contribution < -0.4 is 25.6 Å². The largest absolute Gasteiger partial charge is 0.309 e. The molecule has 0 amide bonds. The van der Waals surface area contributed by atoms with Gasteiger partial charge in [0.2, 0.25) is 0 Å². The summed E-state index contributed by atoms with van der Waals surface area (Å²) < 4.78 is 0. The van der Waals surface area contributed by atoms with Crippen LogP contribution in [0.4, 0.5) is 17.1 Å². The second-order valence-electron chi connectivity index (χ2n) is 16.5. The van der Waals surface area contributed by atoms with Crippen LogP contribution in [-0.2, 0) is 5.41 Å². The Kier molecular flexibility index (Phi) is 6.53. The minimum Gasteiger partial charge on any atom is -0.309 e. The lowest BCUT2D eigenvalue weighted by atomic mass is 9.61. The monoisotopic (exact) mass is 771 g/mol. The normalized spacial score (nSPS) is 15.2. The molecule has 9 aromatic rings. The van der Waals surface area contributed by atoms with Crippen LogP contribution in [0.5, 0.6) is 0 Å². The average Bonchev–Trinajstić information content (AvgIpc) is 3.74. The predicted octanol–water partition coefficient (Wildman–Crippen LogP) is 11.4. The molecule has 0 atom stereocenters. The molecule has 1 nitrogen and oxygen atoms in total. The Morgan fingerprint density at radius 1 is 0.431 bits per heavy atom. The molecule has 0 bridgehead atoms. The molecular weight excluding hydrogens is 735 g/mol. The molecule has 58 heavy (non-hydrogen) atoms. The molecule has 4 aliphatic heterocycles. The molecule has 4 heterocycles. The predicted molar refractivity (Wildman–Crippen MR) is 246 cm³/mol. The van der Waals surface area contributed by atoms with E-state index in [0.29, 0.717) is 0 Å². The summed E-state index contributed by atoms with van der Waals surface area (Å²) in [7, 11) is -2.66. The first-order chi connectivity index (χ1) is 28.6.